The summed E-state index contributed by atoms with van der Waals surface area (Å²) in [7, 11) is 0. The molecule has 1 fully saturated rings. The van der Waals surface area contributed by atoms with Crippen molar-refractivity contribution in [2.45, 2.75) is 24.2 Å². The summed E-state index contributed by atoms with van der Waals surface area (Å²) in [6, 6.07) is 5.35. The molecule has 3 nitrogen and oxygen atoms in total. The first-order valence-electron chi connectivity index (χ1n) is 4.76. The van der Waals surface area contributed by atoms with Gasteiger partial charge in [-0.2, -0.15) is 0 Å². The van der Waals surface area contributed by atoms with E-state index in [2.05, 4.69) is 0 Å². The van der Waals surface area contributed by atoms with Gasteiger partial charge in [-0.3, -0.25) is 4.79 Å². The van der Waals surface area contributed by atoms with Crippen LogP contribution in [0.3, 0.4) is 0 Å². The van der Waals surface area contributed by atoms with E-state index in [1.807, 2.05) is 0 Å². The summed E-state index contributed by atoms with van der Waals surface area (Å²) in [4.78, 5) is 11.1. The number of rotatable bonds is 2. The van der Waals surface area contributed by atoms with Crippen molar-refractivity contribution in [2.75, 3.05) is 0 Å². The van der Waals surface area contributed by atoms with Crippen LogP contribution in [-0.4, -0.2) is 22.1 Å². The van der Waals surface area contributed by atoms with Crippen molar-refractivity contribution >= 4 is 5.97 Å². The van der Waals surface area contributed by atoms with E-state index in [9.17, 15) is 13.6 Å². The molecular weight excluding hydrogens is 218 g/mol. The Balaban J connectivity index is 2.36. The molecule has 1 aliphatic rings. The fourth-order valence-corrected chi connectivity index (χ4v) is 2.09. The summed E-state index contributed by atoms with van der Waals surface area (Å²) in [6.45, 7) is 0. The van der Waals surface area contributed by atoms with Crippen LogP contribution in [0, 0.1) is 0 Å². The van der Waals surface area contributed by atoms with Crippen LogP contribution in [0.1, 0.15) is 18.4 Å². The molecule has 0 spiro atoms. The fraction of sp³-hybridized carbons (Fsp3) is 0.364. The number of aromatic hydroxyl groups is 1. The van der Waals surface area contributed by atoms with Gasteiger partial charge >= 0.3 is 5.97 Å². The third-order valence-electron chi connectivity index (χ3n) is 2.95. The smallest absolute Gasteiger partial charge is 0.314 e. The van der Waals surface area contributed by atoms with Gasteiger partial charge in [-0.05, 0) is 17.7 Å². The molecule has 5 heteroatoms. The molecule has 0 aliphatic heterocycles. The highest BCUT2D eigenvalue weighted by molar-refractivity contribution is 5.83. The van der Waals surface area contributed by atoms with Gasteiger partial charge in [0.1, 0.15) is 11.2 Å². The molecule has 0 atom stereocenters. The van der Waals surface area contributed by atoms with Gasteiger partial charge in [0.25, 0.3) is 5.92 Å². The van der Waals surface area contributed by atoms with Crippen molar-refractivity contribution in [3.8, 4) is 5.75 Å². The van der Waals surface area contributed by atoms with E-state index < -0.39 is 30.1 Å². The minimum absolute atomic E-state index is 0.0182. The van der Waals surface area contributed by atoms with E-state index in [0.29, 0.717) is 5.56 Å². The number of hydrogen-bond acceptors (Lipinski definition) is 2. The molecule has 86 valence electrons. The van der Waals surface area contributed by atoms with Crippen molar-refractivity contribution in [3.63, 3.8) is 0 Å². The highest BCUT2D eigenvalue weighted by Crippen LogP contribution is 2.53. The summed E-state index contributed by atoms with van der Waals surface area (Å²) in [5.41, 5.74) is -1.19. The molecule has 0 saturated heterocycles. The lowest BCUT2D eigenvalue weighted by Crippen LogP contribution is -2.54. The second-order valence-electron chi connectivity index (χ2n) is 4.14. The Bertz CT molecular complexity index is 417. The van der Waals surface area contributed by atoms with Crippen LogP contribution in [0.5, 0.6) is 5.75 Å². The Labute approximate surface area is 90.3 Å². The Morgan fingerprint density at radius 1 is 1.19 bits per heavy atom. The van der Waals surface area contributed by atoms with Crippen LogP contribution in [-0.2, 0) is 10.2 Å². The van der Waals surface area contributed by atoms with Crippen LogP contribution in [0.15, 0.2) is 24.3 Å². The van der Waals surface area contributed by atoms with Gasteiger partial charge in [0, 0.05) is 12.8 Å². The van der Waals surface area contributed by atoms with Gasteiger partial charge < -0.3 is 10.2 Å². The number of benzene rings is 1. The molecule has 1 aliphatic carbocycles. The predicted molar refractivity (Wildman–Crippen MR) is 51.6 cm³/mol. The van der Waals surface area contributed by atoms with Crippen LogP contribution in [0.2, 0.25) is 0 Å². The average Bonchev–Trinajstić information content (AvgIpc) is 2.14. The SMILES string of the molecule is O=C(O)C1(c2ccc(O)cc2)CC(F)(F)C1. The van der Waals surface area contributed by atoms with Crippen LogP contribution >= 0.6 is 0 Å². The first-order valence-corrected chi connectivity index (χ1v) is 4.76. The third-order valence-corrected chi connectivity index (χ3v) is 2.95. The lowest BCUT2D eigenvalue weighted by molar-refractivity contribution is -0.174. The highest BCUT2D eigenvalue weighted by atomic mass is 19.3. The van der Waals surface area contributed by atoms with E-state index in [1.54, 1.807) is 0 Å². The highest BCUT2D eigenvalue weighted by Gasteiger charge is 2.62. The number of carbonyl (C=O) groups is 1. The van der Waals surface area contributed by atoms with Crippen LogP contribution in [0.25, 0.3) is 0 Å². The van der Waals surface area contributed by atoms with Crippen molar-refractivity contribution in [1.29, 1.82) is 0 Å². The molecule has 1 aromatic rings. The lowest BCUT2D eigenvalue weighted by Gasteiger charge is -2.44. The molecule has 2 N–H and O–H groups in total. The number of phenols is 1. The Kier molecular flexibility index (Phi) is 2.15. The molecule has 0 heterocycles. The summed E-state index contributed by atoms with van der Waals surface area (Å²) in [5.74, 6) is -4.17. The number of carboxylic acids is 1. The number of halogens is 2. The maximum absolute atomic E-state index is 12.8. The fourth-order valence-electron chi connectivity index (χ4n) is 2.09. The number of phenolic OH excluding ortho intramolecular Hbond substituents is 1. The zero-order valence-corrected chi connectivity index (χ0v) is 8.28. The molecule has 0 unspecified atom stereocenters. The van der Waals surface area contributed by atoms with Crippen molar-refractivity contribution in [1.82, 2.24) is 0 Å². The normalized spacial score (nSPS) is 21.1. The molecule has 16 heavy (non-hydrogen) atoms. The Hall–Kier alpha value is -1.65. The summed E-state index contributed by atoms with van der Waals surface area (Å²) in [5, 5.41) is 18.1. The zero-order valence-electron chi connectivity index (χ0n) is 8.28. The van der Waals surface area contributed by atoms with E-state index in [1.165, 1.54) is 24.3 Å². The number of carboxylic acid groups (broad SMARTS) is 1. The second-order valence-corrected chi connectivity index (χ2v) is 4.14. The molecule has 0 aromatic heterocycles. The number of alkyl halides is 2. The Morgan fingerprint density at radius 3 is 2.06 bits per heavy atom. The molecule has 0 radical (unpaired) electrons. The first kappa shape index (κ1) is 10.9. The minimum atomic E-state index is -2.91. The van der Waals surface area contributed by atoms with Gasteiger partial charge in [0.15, 0.2) is 0 Å². The zero-order chi connectivity index (χ0) is 12.0. The predicted octanol–water partition coefficient (Wildman–Crippen LogP) is 2.14. The molecule has 1 aromatic carbocycles. The first-order chi connectivity index (χ1) is 7.36. The topological polar surface area (TPSA) is 57.5 Å². The van der Waals surface area contributed by atoms with Crippen LogP contribution < -0.4 is 0 Å². The van der Waals surface area contributed by atoms with Gasteiger partial charge in [-0.1, -0.05) is 12.1 Å². The van der Waals surface area contributed by atoms with Crippen molar-refractivity contribution < 1.29 is 23.8 Å². The standard InChI is InChI=1S/C11H10F2O3/c12-11(13)5-10(6-11,9(15)16)7-1-3-8(14)4-2-7/h1-4,14H,5-6H2,(H,15,16). The minimum Gasteiger partial charge on any atom is -0.508 e. The summed E-state index contributed by atoms with van der Waals surface area (Å²) in [6.07, 6.45) is -1.36. The van der Waals surface area contributed by atoms with Crippen molar-refractivity contribution in [3.05, 3.63) is 29.8 Å². The van der Waals surface area contributed by atoms with E-state index in [0.717, 1.165) is 0 Å². The average molecular weight is 228 g/mol. The van der Waals surface area contributed by atoms with E-state index in [-0.39, 0.29) is 5.75 Å². The van der Waals surface area contributed by atoms with E-state index in [4.69, 9.17) is 10.2 Å². The lowest BCUT2D eigenvalue weighted by atomic mass is 9.62. The van der Waals surface area contributed by atoms with E-state index >= 15 is 0 Å². The molecular formula is C11H10F2O3. The van der Waals surface area contributed by atoms with Gasteiger partial charge in [-0.25, -0.2) is 8.78 Å². The molecule has 2 rings (SSSR count). The number of aliphatic carboxylic acids is 1. The van der Waals surface area contributed by atoms with Gasteiger partial charge in [-0.15, -0.1) is 0 Å². The Morgan fingerprint density at radius 2 is 1.69 bits per heavy atom. The third kappa shape index (κ3) is 1.52. The number of hydrogen-bond donors (Lipinski definition) is 2. The maximum Gasteiger partial charge on any atom is 0.314 e. The summed E-state index contributed by atoms with van der Waals surface area (Å²) >= 11 is 0. The largest absolute Gasteiger partial charge is 0.508 e. The summed E-state index contributed by atoms with van der Waals surface area (Å²) < 4.78 is 25.7. The van der Waals surface area contributed by atoms with Gasteiger partial charge in [0.05, 0.1) is 0 Å². The van der Waals surface area contributed by atoms with Gasteiger partial charge in [0.2, 0.25) is 0 Å². The second kappa shape index (κ2) is 3.17. The maximum atomic E-state index is 12.8. The quantitative estimate of drug-likeness (QED) is 0.815. The molecule has 0 amide bonds. The monoisotopic (exact) mass is 228 g/mol. The van der Waals surface area contributed by atoms with Crippen LogP contribution in [0.4, 0.5) is 8.78 Å². The van der Waals surface area contributed by atoms with Crippen molar-refractivity contribution in [2.24, 2.45) is 0 Å². The molecule has 0 bridgehead atoms. The molecule has 1 saturated carbocycles.